The maximum Gasteiger partial charge on any atom is 0.355 e. The Bertz CT molecular complexity index is 512. The molecule has 0 unspecified atom stereocenters. The van der Waals surface area contributed by atoms with E-state index in [0.29, 0.717) is 11.4 Å². The number of ether oxygens (including phenoxy) is 1. The van der Waals surface area contributed by atoms with Crippen molar-refractivity contribution in [3.8, 4) is 0 Å². The number of nitrogens with two attached hydrogens (primary N) is 2. The van der Waals surface area contributed by atoms with Crippen LogP contribution in [0.3, 0.4) is 0 Å². The van der Waals surface area contributed by atoms with Gasteiger partial charge in [0.15, 0.2) is 5.82 Å². The molecule has 0 saturated heterocycles. The van der Waals surface area contributed by atoms with Crippen molar-refractivity contribution < 1.29 is 9.53 Å². The molecule has 0 saturated carbocycles. The van der Waals surface area contributed by atoms with Crippen LogP contribution in [0.2, 0.25) is 0 Å². The minimum atomic E-state index is -0.501. The van der Waals surface area contributed by atoms with E-state index in [0.717, 1.165) is 0 Å². The highest BCUT2D eigenvalue weighted by Crippen LogP contribution is 2.27. The van der Waals surface area contributed by atoms with Crippen LogP contribution in [0.4, 0.5) is 17.6 Å². The van der Waals surface area contributed by atoms with Crippen molar-refractivity contribution in [2.75, 3.05) is 30.6 Å². The number of fused-ring (bicyclic) bond motifs is 1. The van der Waals surface area contributed by atoms with E-state index in [-0.39, 0.29) is 17.5 Å². The molecule has 5 N–H and O–H groups in total. The van der Waals surface area contributed by atoms with Crippen molar-refractivity contribution in [1.82, 2.24) is 15.4 Å². The van der Waals surface area contributed by atoms with E-state index >= 15 is 0 Å². The summed E-state index contributed by atoms with van der Waals surface area (Å²) in [5.41, 5.74) is 14.8. The summed E-state index contributed by atoms with van der Waals surface area (Å²) in [4.78, 5) is 19.3. The number of anilines is 3. The second kappa shape index (κ2) is 3.81. The van der Waals surface area contributed by atoms with Crippen molar-refractivity contribution >= 4 is 29.6 Å². The molecule has 1 aliphatic rings. The Morgan fingerprint density at radius 2 is 2.18 bits per heavy atom. The van der Waals surface area contributed by atoms with E-state index in [9.17, 15) is 4.79 Å². The fourth-order valence-corrected chi connectivity index (χ4v) is 1.51. The molecular formula is C9H12N6O2. The topological polar surface area (TPSA) is 119 Å². The summed E-state index contributed by atoms with van der Waals surface area (Å²) < 4.78 is 4.61. The van der Waals surface area contributed by atoms with Gasteiger partial charge in [-0.25, -0.2) is 4.79 Å². The first-order chi connectivity index (χ1) is 8.02. The number of hydrogen-bond acceptors (Lipinski definition) is 8. The van der Waals surface area contributed by atoms with Crippen LogP contribution < -0.4 is 21.9 Å². The number of nitrogens with one attached hydrogen (secondary N) is 1. The Kier molecular flexibility index (Phi) is 2.47. The number of nitrogens with zero attached hydrogens (tertiary/aromatic N) is 3. The largest absolute Gasteiger partial charge is 0.464 e. The molecule has 90 valence electrons. The van der Waals surface area contributed by atoms with Gasteiger partial charge in [-0.1, -0.05) is 0 Å². The van der Waals surface area contributed by atoms with E-state index in [1.807, 2.05) is 0 Å². The number of methoxy groups -OCH3 is 1. The third-order valence-electron chi connectivity index (χ3n) is 2.27. The molecule has 0 atom stereocenters. The smallest absolute Gasteiger partial charge is 0.355 e. The average molecular weight is 236 g/mol. The van der Waals surface area contributed by atoms with Gasteiger partial charge in [-0.2, -0.15) is 9.97 Å². The second-order valence-electron chi connectivity index (χ2n) is 3.42. The third kappa shape index (κ3) is 1.80. The molecule has 2 heterocycles. The molecule has 2 rings (SSSR count). The Hall–Kier alpha value is -2.51. The number of hydrazine groups is 1. The highest BCUT2D eigenvalue weighted by Gasteiger charge is 2.23. The van der Waals surface area contributed by atoms with Gasteiger partial charge >= 0.3 is 5.97 Å². The number of nitrogen functional groups attached to an aromatic ring is 2. The predicted octanol–water partition coefficient (Wildman–Crippen LogP) is -0.891. The first-order valence-corrected chi connectivity index (χ1v) is 4.76. The molecule has 8 heteroatoms. The predicted molar refractivity (Wildman–Crippen MR) is 62.4 cm³/mol. The highest BCUT2D eigenvalue weighted by molar-refractivity contribution is 5.96. The normalized spacial score (nSPS) is 13.5. The minimum Gasteiger partial charge on any atom is -0.464 e. The Morgan fingerprint density at radius 3 is 2.82 bits per heavy atom. The van der Waals surface area contributed by atoms with Crippen molar-refractivity contribution in [2.24, 2.45) is 0 Å². The molecule has 0 bridgehead atoms. The maximum atomic E-state index is 11.4. The first-order valence-electron chi connectivity index (χ1n) is 4.76. The van der Waals surface area contributed by atoms with Gasteiger partial charge < -0.3 is 16.2 Å². The molecule has 1 aromatic heterocycles. The molecule has 1 aromatic rings. The quantitative estimate of drug-likeness (QED) is 0.537. The van der Waals surface area contributed by atoms with Crippen LogP contribution in [-0.2, 0) is 9.53 Å². The van der Waals surface area contributed by atoms with Crippen LogP contribution in [0, 0.1) is 0 Å². The molecule has 0 fully saturated rings. The average Bonchev–Trinajstić information content (AvgIpc) is 2.29. The summed E-state index contributed by atoms with van der Waals surface area (Å²) in [7, 11) is 2.98. The van der Waals surface area contributed by atoms with Gasteiger partial charge in [0.1, 0.15) is 11.5 Å². The van der Waals surface area contributed by atoms with Crippen molar-refractivity contribution in [2.45, 2.75) is 0 Å². The number of carbonyl (C=O) groups excluding carboxylic acids is 1. The summed E-state index contributed by atoms with van der Waals surface area (Å²) in [6, 6.07) is 0. The van der Waals surface area contributed by atoms with E-state index in [1.54, 1.807) is 7.05 Å². The zero-order valence-electron chi connectivity index (χ0n) is 9.39. The van der Waals surface area contributed by atoms with Crippen LogP contribution in [0.25, 0.3) is 6.08 Å². The van der Waals surface area contributed by atoms with Crippen molar-refractivity contribution in [3.05, 3.63) is 11.3 Å². The lowest BCUT2D eigenvalue weighted by atomic mass is 10.2. The van der Waals surface area contributed by atoms with Gasteiger partial charge in [-0.05, 0) is 6.08 Å². The SMILES string of the molecule is COC(=O)C1=Cc2c(N)nc(N)nc2N(C)N1. The number of carbonyl (C=O) groups is 1. The summed E-state index contributed by atoms with van der Waals surface area (Å²) in [6.07, 6.45) is 1.52. The standard InChI is InChI=1S/C9H12N6O2/c1-15-7-4(6(10)12-9(11)13-7)3-5(14-15)8(16)17-2/h3,14H,1-2H3,(H4,10,11,12,13). The molecule has 17 heavy (non-hydrogen) atoms. The fraction of sp³-hybridized carbons (Fsp3) is 0.222. The van der Waals surface area contributed by atoms with Crippen molar-refractivity contribution in [1.29, 1.82) is 0 Å². The Balaban J connectivity index is 2.55. The van der Waals surface area contributed by atoms with Crippen LogP contribution in [-0.4, -0.2) is 30.1 Å². The van der Waals surface area contributed by atoms with Gasteiger partial charge in [-0.15, -0.1) is 0 Å². The summed E-state index contributed by atoms with van der Waals surface area (Å²) in [5.74, 6) is 0.286. The molecule has 0 aromatic carbocycles. The zero-order chi connectivity index (χ0) is 12.6. The molecule has 8 nitrogen and oxygen atoms in total. The van der Waals surface area contributed by atoms with Gasteiger partial charge in [0.25, 0.3) is 0 Å². The number of hydrogen-bond donors (Lipinski definition) is 3. The van der Waals surface area contributed by atoms with Gasteiger partial charge in [0.2, 0.25) is 5.95 Å². The summed E-state index contributed by atoms with van der Waals surface area (Å²) >= 11 is 0. The molecule has 0 radical (unpaired) electrons. The second-order valence-corrected chi connectivity index (χ2v) is 3.42. The lowest BCUT2D eigenvalue weighted by molar-refractivity contribution is -0.136. The van der Waals surface area contributed by atoms with Crippen LogP contribution in [0.1, 0.15) is 5.56 Å². The number of aromatic nitrogens is 2. The summed E-state index contributed by atoms with van der Waals surface area (Å²) in [5, 5.41) is 1.52. The zero-order valence-corrected chi connectivity index (χ0v) is 9.39. The number of esters is 1. The van der Waals surface area contributed by atoms with Gasteiger partial charge in [-0.3, -0.25) is 10.4 Å². The molecule has 0 aliphatic carbocycles. The molecule has 1 aliphatic heterocycles. The van der Waals surface area contributed by atoms with E-state index in [4.69, 9.17) is 11.5 Å². The minimum absolute atomic E-state index is 0.0739. The van der Waals surface area contributed by atoms with Crippen LogP contribution in [0.15, 0.2) is 5.70 Å². The fourth-order valence-electron chi connectivity index (χ4n) is 1.51. The monoisotopic (exact) mass is 236 g/mol. The third-order valence-corrected chi connectivity index (χ3v) is 2.27. The van der Waals surface area contributed by atoms with E-state index in [2.05, 4.69) is 20.1 Å². The van der Waals surface area contributed by atoms with E-state index in [1.165, 1.54) is 18.2 Å². The first kappa shape index (κ1) is 11.0. The Morgan fingerprint density at radius 1 is 1.47 bits per heavy atom. The Labute approximate surface area is 97.2 Å². The maximum absolute atomic E-state index is 11.4. The number of rotatable bonds is 1. The summed E-state index contributed by atoms with van der Waals surface area (Å²) in [6.45, 7) is 0. The van der Waals surface area contributed by atoms with E-state index < -0.39 is 5.97 Å². The van der Waals surface area contributed by atoms with Crippen LogP contribution >= 0.6 is 0 Å². The molecule has 0 spiro atoms. The molecular weight excluding hydrogens is 224 g/mol. The van der Waals surface area contributed by atoms with Gasteiger partial charge in [0, 0.05) is 7.05 Å². The van der Waals surface area contributed by atoms with Gasteiger partial charge in [0.05, 0.1) is 12.7 Å². The lowest BCUT2D eigenvalue weighted by Gasteiger charge is -2.27. The lowest BCUT2D eigenvalue weighted by Crippen LogP contribution is -2.40. The molecule has 0 amide bonds. The highest BCUT2D eigenvalue weighted by atomic mass is 16.5. The van der Waals surface area contributed by atoms with Crippen molar-refractivity contribution in [3.63, 3.8) is 0 Å². The van der Waals surface area contributed by atoms with Crippen LogP contribution in [0.5, 0.6) is 0 Å².